The summed E-state index contributed by atoms with van der Waals surface area (Å²) >= 11 is 0. The Hall–Kier alpha value is -2.36. The highest BCUT2D eigenvalue weighted by molar-refractivity contribution is 5.32. The molecule has 1 fully saturated rings. The molecule has 0 amide bonds. The zero-order valence-electron chi connectivity index (χ0n) is 19.0. The predicted octanol–water partition coefficient (Wildman–Crippen LogP) is 8.39. The molecule has 0 spiro atoms. The fourth-order valence-electron chi connectivity index (χ4n) is 4.56. The zero-order valence-corrected chi connectivity index (χ0v) is 19.0. The van der Waals surface area contributed by atoms with E-state index in [0.29, 0.717) is 23.6 Å². The van der Waals surface area contributed by atoms with E-state index in [2.05, 4.69) is 16.4 Å². The van der Waals surface area contributed by atoms with Crippen molar-refractivity contribution in [2.24, 2.45) is 5.92 Å². The van der Waals surface area contributed by atoms with E-state index in [9.17, 15) is 35.1 Å². The van der Waals surface area contributed by atoms with Crippen molar-refractivity contribution in [2.75, 3.05) is 6.61 Å². The molecular weight excluding hydrogens is 484 g/mol. The predicted molar refractivity (Wildman–Crippen MR) is 113 cm³/mol. The van der Waals surface area contributed by atoms with Crippen molar-refractivity contribution in [3.63, 3.8) is 0 Å². The highest BCUT2D eigenvalue weighted by atomic mass is 19.4. The van der Waals surface area contributed by atoms with Crippen LogP contribution in [-0.4, -0.2) is 13.0 Å². The van der Waals surface area contributed by atoms with Crippen molar-refractivity contribution >= 4 is 0 Å². The lowest BCUT2D eigenvalue weighted by molar-refractivity contribution is -0.276. The van der Waals surface area contributed by atoms with Gasteiger partial charge in [-0.1, -0.05) is 25.8 Å². The molecule has 10 heteroatoms. The highest BCUT2D eigenvalue weighted by Gasteiger charge is 2.37. The van der Waals surface area contributed by atoms with Crippen LogP contribution in [-0.2, 0) is 17.3 Å². The van der Waals surface area contributed by atoms with E-state index in [1.165, 1.54) is 6.07 Å². The maximum Gasteiger partial charge on any atom is 0.573 e. The lowest BCUT2D eigenvalue weighted by Gasteiger charge is -2.29. The van der Waals surface area contributed by atoms with Crippen molar-refractivity contribution in [1.29, 1.82) is 0 Å². The summed E-state index contributed by atoms with van der Waals surface area (Å²) < 4.78 is 115. The summed E-state index contributed by atoms with van der Waals surface area (Å²) in [6.45, 7) is 1.36. The molecule has 2 aromatic carbocycles. The molecule has 0 heterocycles. The van der Waals surface area contributed by atoms with Gasteiger partial charge in [0.2, 0.25) is 5.75 Å². The second-order valence-corrected chi connectivity index (χ2v) is 8.80. The summed E-state index contributed by atoms with van der Waals surface area (Å²) in [6, 6.07) is 4.59. The van der Waals surface area contributed by atoms with Crippen molar-refractivity contribution in [2.45, 2.75) is 70.3 Å². The smallest absolute Gasteiger partial charge is 0.399 e. The first-order valence-electron chi connectivity index (χ1n) is 11.4. The number of hydrogen-bond donors (Lipinski definition) is 0. The third kappa shape index (κ3) is 7.32. The van der Waals surface area contributed by atoms with Gasteiger partial charge in [0.05, 0.1) is 12.2 Å². The highest BCUT2D eigenvalue weighted by Crippen LogP contribution is 2.39. The van der Waals surface area contributed by atoms with E-state index in [-0.39, 0.29) is 11.5 Å². The fourth-order valence-corrected chi connectivity index (χ4v) is 4.56. The maximum absolute atomic E-state index is 14.6. The van der Waals surface area contributed by atoms with E-state index >= 15 is 0 Å². The van der Waals surface area contributed by atoms with Gasteiger partial charge in [-0.25, -0.2) is 13.2 Å². The lowest BCUT2D eigenvalue weighted by atomic mass is 9.77. The molecule has 0 radical (unpaired) electrons. The fraction of sp³-hybridized carbons (Fsp3) is 0.520. The Bertz CT molecular complexity index is 974. The minimum Gasteiger partial charge on any atom is -0.399 e. The molecule has 0 atom stereocenters. The molecule has 0 N–H and O–H groups in total. The molecule has 1 aliphatic rings. The van der Waals surface area contributed by atoms with Crippen LogP contribution < -0.4 is 4.74 Å². The Morgan fingerprint density at radius 1 is 0.857 bits per heavy atom. The first kappa shape index (κ1) is 27.2. The Kier molecular flexibility index (Phi) is 8.67. The summed E-state index contributed by atoms with van der Waals surface area (Å²) in [5.74, 6) is -5.30. The Balaban J connectivity index is 1.60. The second kappa shape index (κ2) is 11.1. The maximum atomic E-state index is 14.6. The molecule has 0 aliphatic heterocycles. The zero-order chi connectivity index (χ0) is 25.8. The van der Waals surface area contributed by atoms with E-state index < -0.39 is 54.3 Å². The van der Waals surface area contributed by atoms with Crippen LogP contribution in [0.2, 0.25) is 0 Å². The topological polar surface area (TPSA) is 18.5 Å². The van der Waals surface area contributed by atoms with E-state index in [1.54, 1.807) is 0 Å². The Labute approximate surface area is 198 Å². The number of ether oxygens (including phenoxy) is 2. The first-order chi connectivity index (χ1) is 16.4. The first-order valence-corrected chi connectivity index (χ1v) is 11.4. The summed E-state index contributed by atoms with van der Waals surface area (Å²) in [6.07, 6.45) is -3.75. The van der Waals surface area contributed by atoms with Crippen LogP contribution in [0.1, 0.15) is 68.1 Å². The standard InChI is InChI=1S/C25H26F8O2/c1-2-3-15-4-6-17(7-5-15)18-8-9-19(20(26)14-18)24(29,30)34-11-10-16-12-21(27)23(22(28)13-16)35-25(31,32)33/h8-9,12-15,17H,2-7,10-11H2,1H3/t15-,17-. The third-order valence-electron chi connectivity index (χ3n) is 6.27. The quantitative estimate of drug-likeness (QED) is 0.316. The second-order valence-electron chi connectivity index (χ2n) is 8.80. The molecule has 35 heavy (non-hydrogen) atoms. The van der Waals surface area contributed by atoms with Gasteiger partial charge in [0.1, 0.15) is 5.82 Å². The summed E-state index contributed by atoms with van der Waals surface area (Å²) in [4.78, 5) is 0. The van der Waals surface area contributed by atoms with Crippen molar-refractivity contribution < 1.29 is 44.6 Å². The van der Waals surface area contributed by atoms with Gasteiger partial charge in [-0.15, -0.1) is 13.2 Å². The average Bonchev–Trinajstić information content (AvgIpc) is 2.76. The summed E-state index contributed by atoms with van der Waals surface area (Å²) in [5.41, 5.74) is -0.545. The number of alkyl halides is 5. The average molecular weight is 510 g/mol. The van der Waals surface area contributed by atoms with Gasteiger partial charge in [0.15, 0.2) is 11.6 Å². The molecule has 2 aromatic rings. The van der Waals surface area contributed by atoms with Crippen LogP contribution in [0.25, 0.3) is 0 Å². The molecule has 194 valence electrons. The monoisotopic (exact) mass is 510 g/mol. The van der Waals surface area contributed by atoms with Crippen molar-refractivity contribution in [1.82, 2.24) is 0 Å². The molecule has 1 aliphatic carbocycles. The van der Waals surface area contributed by atoms with E-state index in [0.717, 1.165) is 50.7 Å². The molecule has 0 bridgehead atoms. The van der Waals surface area contributed by atoms with Crippen LogP contribution in [0.4, 0.5) is 35.1 Å². The van der Waals surface area contributed by atoms with Gasteiger partial charge in [-0.2, -0.15) is 8.78 Å². The Morgan fingerprint density at radius 2 is 1.49 bits per heavy atom. The Morgan fingerprint density at radius 3 is 2.03 bits per heavy atom. The van der Waals surface area contributed by atoms with Gasteiger partial charge in [0, 0.05) is 0 Å². The van der Waals surface area contributed by atoms with Gasteiger partial charge < -0.3 is 9.47 Å². The van der Waals surface area contributed by atoms with Gasteiger partial charge in [0.25, 0.3) is 0 Å². The number of hydrogen-bond acceptors (Lipinski definition) is 2. The SMILES string of the molecule is CCC[C@H]1CC[C@H](c2ccc(C(F)(F)OCCc3cc(F)c(OC(F)(F)F)c(F)c3)c(F)c2)CC1. The summed E-state index contributed by atoms with van der Waals surface area (Å²) in [7, 11) is 0. The molecule has 1 saturated carbocycles. The molecule has 3 rings (SSSR count). The van der Waals surface area contributed by atoms with Gasteiger partial charge in [-0.05, 0) is 79.3 Å². The van der Waals surface area contributed by atoms with E-state index in [4.69, 9.17) is 0 Å². The van der Waals surface area contributed by atoms with Crippen LogP contribution >= 0.6 is 0 Å². The molecule has 0 saturated heterocycles. The lowest BCUT2D eigenvalue weighted by Crippen LogP contribution is -2.22. The minimum atomic E-state index is -5.30. The minimum absolute atomic E-state index is 0.107. The van der Waals surface area contributed by atoms with Crippen LogP contribution in [0.5, 0.6) is 5.75 Å². The number of halogens is 8. The van der Waals surface area contributed by atoms with Gasteiger partial charge >= 0.3 is 12.5 Å². The van der Waals surface area contributed by atoms with Crippen molar-refractivity contribution in [3.05, 3.63) is 64.5 Å². The third-order valence-corrected chi connectivity index (χ3v) is 6.27. The number of benzene rings is 2. The summed E-state index contributed by atoms with van der Waals surface area (Å²) in [5, 5.41) is 0. The van der Waals surface area contributed by atoms with Crippen LogP contribution in [0.15, 0.2) is 30.3 Å². The van der Waals surface area contributed by atoms with Crippen molar-refractivity contribution in [3.8, 4) is 5.75 Å². The molecule has 0 unspecified atom stereocenters. The van der Waals surface area contributed by atoms with Crippen LogP contribution in [0, 0.1) is 23.4 Å². The van der Waals surface area contributed by atoms with Gasteiger partial charge in [-0.3, -0.25) is 0 Å². The molecule has 2 nitrogen and oxygen atoms in total. The van der Waals surface area contributed by atoms with Crippen LogP contribution in [0.3, 0.4) is 0 Å². The molecular formula is C25H26F8O2. The largest absolute Gasteiger partial charge is 0.573 e. The number of rotatable bonds is 9. The molecule has 0 aromatic heterocycles. The van der Waals surface area contributed by atoms with E-state index in [1.807, 2.05) is 0 Å². The normalized spacial score (nSPS) is 19.1.